The Kier molecular flexibility index (Phi) is 7.21. The number of amides is 1. The molecule has 0 radical (unpaired) electrons. The van der Waals surface area contributed by atoms with Crippen LogP contribution in [0.1, 0.15) is 19.2 Å². The molecule has 152 valence electrons. The molecule has 0 atom stereocenters. The van der Waals surface area contributed by atoms with Crippen molar-refractivity contribution in [3.8, 4) is 17.2 Å². The second-order valence-corrected chi connectivity index (χ2v) is 6.88. The summed E-state index contributed by atoms with van der Waals surface area (Å²) in [5, 5.41) is 11.6. The fourth-order valence-electron chi connectivity index (χ4n) is 2.86. The minimum atomic E-state index is -0.116. The van der Waals surface area contributed by atoms with Crippen LogP contribution >= 0.6 is 11.6 Å². The van der Waals surface area contributed by atoms with Crippen LogP contribution in [0.4, 0.5) is 5.69 Å². The maximum absolute atomic E-state index is 12.4. The molecule has 8 heteroatoms. The lowest BCUT2D eigenvalue weighted by molar-refractivity contribution is -0.117. The van der Waals surface area contributed by atoms with E-state index >= 15 is 0 Å². The third kappa shape index (κ3) is 5.79. The van der Waals surface area contributed by atoms with E-state index in [2.05, 4.69) is 22.4 Å². The Hall–Kier alpha value is -2.90. The van der Waals surface area contributed by atoms with Gasteiger partial charge in [-0.2, -0.15) is 0 Å². The number of aromatic nitrogens is 2. The molecule has 0 bridgehead atoms. The highest BCUT2D eigenvalue weighted by Crippen LogP contribution is 2.26. The van der Waals surface area contributed by atoms with Gasteiger partial charge in [0.2, 0.25) is 17.7 Å². The van der Waals surface area contributed by atoms with Crippen molar-refractivity contribution in [2.45, 2.75) is 19.9 Å². The van der Waals surface area contributed by atoms with Gasteiger partial charge in [-0.1, -0.05) is 30.7 Å². The number of rotatable bonds is 9. The summed E-state index contributed by atoms with van der Waals surface area (Å²) in [5.41, 5.74) is 1.40. The number of anilines is 1. The molecular weight excluding hydrogens is 392 g/mol. The maximum Gasteiger partial charge on any atom is 0.249 e. The summed E-state index contributed by atoms with van der Waals surface area (Å²) in [6.45, 7) is 3.36. The highest BCUT2D eigenvalue weighted by atomic mass is 35.5. The molecule has 0 spiro atoms. The van der Waals surface area contributed by atoms with Gasteiger partial charge in [-0.05, 0) is 49.4 Å². The second kappa shape index (κ2) is 10.0. The van der Waals surface area contributed by atoms with Crippen molar-refractivity contribution in [3.05, 3.63) is 59.4 Å². The Morgan fingerprint density at radius 3 is 2.62 bits per heavy atom. The molecular formula is C21H23ClN4O3. The first kappa shape index (κ1) is 20.8. The molecule has 0 saturated heterocycles. The SMILES string of the molecule is CCCN(CC(=O)Nc1ccc(OC)cc1)Cc1nnc(-c2ccccc2Cl)o1. The van der Waals surface area contributed by atoms with Gasteiger partial charge in [0.1, 0.15) is 5.75 Å². The number of carbonyl (C=O) groups excluding carboxylic acids is 1. The third-order valence-electron chi connectivity index (χ3n) is 4.21. The molecule has 0 aliphatic rings. The number of halogens is 1. The summed E-state index contributed by atoms with van der Waals surface area (Å²) < 4.78 is 10.9. The van der Waals surface area contributed by atoms with Gasteiger partial charge in [-0.15, -0.1) is 10.2 Å². The first-order chi connectivity index (χ1) is 14.1. The zero-order valence-corrected chi connectivity index (χ0v) is 17.1. The molecule has 0 unspecified atom stereocenters. The van der Waals surface area contributed by atoms with Crippen LogP contribution in [0, 0.1) is 0 Å². The lowest BCUT2D eigenvalue weighted by Crippen LogP contribution is -2.33. The van der Waals surface area contributed by atoms with E-state index in [0.29, 0.717) is 34.6 Å². The molecule has 3 rings (SSSR count). The summed E-state index contributed by atoms with van der Waals surface area (Å²) in [7, 11) is 1.60. The minimum absolute atomic E-state index is 0.116. The molecule has 0 saturated carbocycles. The monoisotopic (exact) mass is 414 g/mol. The number of methoxy groups -OCH3 is 1. The molecule has 1 heterocycles. The molecule has 0 fully saturated rings. The van der Waals surface area contributed by atoms with Gasteiger partial charge >= 0.3 is 0 Å². The van der Waals surface area contributed by atoms with E-state index in [0.717, 1.165) is 18.7 Å². The quantitative estimate of drug-likeness (QED) is 0.563. The van der Waals surface area contributed by atoms with E-state index in [1.807, 2.05) is 23.1 Å². The normalized spacial score (nSPS) is 10.9. The molecule has 1 N–H and O–H groups in total. The molecule has 2 aromatic carbocycles. The van der Waals surface area contributed by atoms with Crippen LogP contribution in [0.15, 0.2) is 52.9 Å². The number of carbonyl (C=O) groups is 1. The van der Waals surface area contributed by atoms with Crippen molar-refractivity contribution in [1.82, 2.24) is 15.1 Å². The van der Waals surface area contributed by atoms with Gasteiger partial charge in [-0.3, -0.25) is 9.69 Å². The maximum atomic E-state index is 12.4. The van der Waals surface area contributed by atoms with Crippen LogP contribution in [-0.4, -0.2) is 41.2 Å². The summed E-state index contributed by atoms with van der Waals surface area (Å²) in [6.07, 6.45) is 0.890. The van der Waals surface area contributed by atoms with Crippen molar-refractivity contribution in [1.29, 1.82) is 0 Å². The van der Waals surface area contributed by atoms with Crippen molar-refractivity contribution in [3.63, 3.8) is 0 Å². The van der Waals surface area contributed by atoms with Crippen LogP contribution in [0.2, 0.25) is 5.02 Å². The van der Waals surface area contributed by atoms with Crippen LogP contribution in [0.3, 0.4) is 0 Å². The molecule has 1 aromatic heterocycles. The zero-order chi connectivity index (χ0) is 20.6. The average Bonchev–Trinajstić information content (AvgIpc) is 3.17. The molecule has 7 nitrogen and oxygen atoms in total. The molecule has 0 aliphatic carbocycles. The minimum Gasteiger partial charge on any atom is -0.497 e. The highest BCUT2D eigenvalue weighted by Gasteiger charge is 2.16. The van der Waals surface area contributed by atoms with Crippen molar-refractivity contribution < 1.29 is 13.9 Å². The Balaban J connectivity index is 1.62. The summed E-state index contributed by atoms with van der Waals surface area (Å²) >= 11 is 6.19. The lowest BCUT2D eigenvalue weighted by Gasteiger charge is -2.19. The standard InChI is InChI=1S/C21H23ClN4O3/c1-3-12-26(13-19(27)23-15-8-10-16(28-2)11-9-15)14-20-24-25-21(29-20)17-6-4-5-7-18(17)22/h4-11H,3,12-14H2,1-2H3,(H,23,27). The summed E-state index contributed by atoms with van der Waals surface area (Å²) in [5.74, 6) is 1.42. The van der Waals surface area contributed by atoms with Gasteiger partial charge in [0.25, 0.3) is 0 Å². The van der Waals surface area contributed by atoms with Gasteiger partial charge in [0, 0.05) is 5.69 Å². The zero-order valence-electron chi connectivity index (χ0n) is 16.4. The summed E-state index contributed by atoms with van der Waals surface area (Å²) in [4.78, 5) is 14.4. The van der Waals surface area contributed by atoms with E-state index in [4.69, 9.17) is 20.8 Å². The second-order valence-electron chi connectivity index (χ2n) is 6.47. The van der Waals surface area contributed by atoms with Crippen molar-refractivity contribution in [2.24, 2.45) is 0 Å². The van der Waals surface area contributed by atoms with Crippen LogP contribution < -0.4 is 10.1 Å². The third-order valence-corrected chi connectivity index (χ3v) is 4.54. The molecule has 3 aromatic rings. The van der Waals surface area contributed by atoms with Gasteiger partial charge in [0.15, 0.2) is 0 Å². The Morgan fingerprint density at radius 2 is 1.93 bits per heavy atom. The van der Waals surface area contributed by atoms with Crippen LogP contribution in [0.25, 0.3) is 11.5 Å². The first-order valence-electron chi connectivity index (χ1n) is 9.32. The molecule has 29 heavy (non-hydrogen) atoms. The van der Waals surface area contributed by atoms with E-state index in [-0.39, 0.29) is 12.5 Å². The number of hydrogen-bond acceptors (Lipinski definition) is 6. The number of ether oxygens (including phenoxy) is 1. The first-order valence-corrected chi connectivity index (χ1v) is 9.70. The summed E-state index contributed by atoms with van der Waals surface area (Å²) in [6, 6.07) is 14.5. The number of hydrogen-bond donors (Lipinski definition) is 1. The molecule has 1 amide bonds. The predicted molar refractivity (Wildman–Crippen MR) is 112 cm³/mol. The number of benzene rings is 2. The van der Waals surface area contributed by atoms with Crippen LogP contribution in [-0.2, 0) is 11.3 Å². The fraction of sp³-hybridized carbons (Fsp3) is 0.286. The Labute approximate surface area is 174 Å². The number of nitrogens with one attached hydrogen (secondary N) is 1. The van der Waals surface area contributed by atoms with Gasteiger partial charge < -0.3 is 14.5 Å². The average molecular weight is 415 g/mol. The Morgan fingerprint density at radius 1 is 1.17 bits per heavy atom. The fourth-order valence-corrected chi connectivity index (χ4v) is 3.08. The van der Waals surface area contributed by atoms with Crippen molar-refractivity contribution in [2.75, 3.05) is 25.5 Å². The van der Waals surface area contributed by atoms with Crippen molar-refractivity contribution >= 4 is 23.2 Å². The lowest BCUT2D eigenvalue weighted by atomic mass is 10.2. The van der Waals surface area contributed by atoms with Gasteiger partial charge in [-0.25, -0.2) is 0 Å². The Bertz CT molecular complexity index is 943. The van der Waals surface area contributed by atoms with Crippen LogP contribution in [0.5, 0.6) is 5.75 Å². The topological polar surface area (TPSA) is 80.5 Å². The van der Waals surface area contributed by atoms with E-state index in [9.17, 15) is 4.79 Å². The highest BCUT2D eigenvalue weighted by molar-refractivity contribution is 6.33. The largest absolute Gasteiger partial charge is 0.497 e. The van der Waals surface area contributed by atoms with E-state index in [1.165, 1.54) is 0 Å². The van der Waals surface area contributed by atoms with Gasteiger partial charge in [0.05, 0.1) is 30.8 Å². The van der Waals surface area contributed by atoms with E-state index < -0.39 is 0 Å². The number of nitrogens with zero attached hydrogens (tertiary/aromatic N) is 3. The molecule has 0 aliphatic heterocycles. The van der Waals surface area contributed by atoms with E-state index in [1.54, 1.807) is 37.4 Å². The smallest absolute Gasteiger partial charge is 0.249 e. The predicted octanol–water partition coefficient (Wildman–Crippen LogP) is 4.25.